The van der Waals surface area contributed by atoms with E-state index in [9.17, 15) is 4.79 Å². The number of nitrogens with zero attached hydrogens (tertiary/aromatic N) is 1. The second-order valence-corrected chi connectivity index (χ2v) is 6.70. The van der Waals surface area contributed by atoms with Gasteiger partial charge in [-0.1, -0.05) is 27.2 Å². The van der Waals surface area contributed by atoms with Crippen LogP contribution in [0.2, 0.25) is 0 Å². The average molecular weight is 289 g/mol. The lowest BCUT2D eigenvalue weighted by Gasteiger charge is -2.38. The zero-order chi connectivity index (χ0) is 15.5. The van der Waals surface area contributed by atoms with E-state index in [2.05, 4.69) is 36.4 Å². The fourth-order valence-electron chi connectivity index (χ4n) is 2.60. The molecular formula is C17H27N3O. The van der Waals surface area contributed by atoms with E-state index in [-0.39, 0.29) is 5.91 Å². The van der Waals surface area contributed by atoms with E-state index in [1.165, 1.54) is 19.3 Å². The van der Waals surface area contributed by atoms with E-state index < -0.39 is 0 Å². The Balaban J connectivity index is 2.10. The van der Waals surface area contributed by atoms with Crippen molar-refractivity contribution in [3.8, 4) is 0 Å². The molecule has 1 aliphatic carbocycles. The molecule has 1 saturated carbocycles. The predicted molar refractivity (Wildman–Crippen MR) is 86.8 cm³/mol. The third kappa shape index (κ3) is 3.96. The molecule has 0 aromatic carbocycles. The predicted octanol–water partition coefficient (Wildman–Crippen LogP) is 3.56. The van der Waals surface area contributed by atoms with Crippen molar-refractivity contribution in [1.82, 2.24) is 10.3 Å². The fourth-order valence-corrected chi connectivity index (χ4v) is 2.60. The van der Waals surface area contributed by atoms with Gasteiger partial charge in [0.15, 0.2) is 0 Å². The van der Waals surface area contributed by atoms with Gasteiger partial charge < -0.3 is 10.6 Å². The van der Waals surface area contributed by atoms with Gasteiger partial charge >= 0.3 is 0 Å². The number of anilines is 1. The molecule has 1 aromatic rings. The van der Waals surface area contributed by atoms with Crippen LogP contribution in [-0.4, -0.2) is 24.0 Å². The molecule has 4 nitrogen and oxygen atoms in total. The molecule has 1 aliphatic rings. The van der Waals surface area contributed by atoms with Gasteiger partial charge in [-0.05, 0) is 43.2 Å². The number of amides is 1. The fraction of sp³-hybridized carbons (Fsp3) is 0.647. The van der Waals surface area contributed by atoms with Crippen LogP contribution >= 0.6 is 0 Å². The maximum Gasteiger partial charge on any atom is 0.251 e. The minimum absolute atomic E-state index is 0.00609. The van der Waals surface area contributed by atoms with Crippen LogP contribution in [0.4, 0.5) is 5.82 Å². The monoisotopic (exact) mass is 289 g/mol. The van der Waals surface area contributed by atoms with Crippen LogP contribution < -0.4 is 10.6 Å². The molecule has 116 valence electrons. The first-order valence-electron chi connectivity index (χ1n) is 7.97. The van der Waals surface area contributed by atoms with Crippen LogP contribution in [0.1, 0.15) is 68.9 Å². The van der Waals surface area contributed by atoms with Gasteiger partial charge in [0.2, 0.25) is 0 Å². The Morgan fingerprint density at radius 1 is 1.38 bits per heavy atom. The van der Waals surface area contributed by atoms with E-state index in [0.29, 0.717) is 16.9 Å². The van der Waals surface area contributed by atoms with Crippen molar-refractivity contribution in [2.75, 3.05) is 18.4 Å². The second kappa shape index (κ2) is 6.46. The van der Waals surface area contributed by atoms with Gasteiger partial charge in [-0.15, -0.1) is 0 Å². The Morgan fingerprint density at radius 2 is 2.10 bits per heavy atom. The minimum Gasteiger partial charge on any atom is -0.370 e. The molecule has 2 rings (SSSR count). The molecular weight excluding hydrogens is 262 g/mol. The highest BCUT2D eigenvalue weighted by Gasteiger charge is 2.32. The lowest BCUT2D eigenvalue weighted by atomic mass is 9.70. The quantitative estimate of drug-likeness (QED) is 0.842. The molecule has 1 fully saturated rings. The van der Waals surface area contributed by atoms with Crippen LogP contribution in [0.15, 0.2) is 12.1 Å². The molecule has 0 bridgehead atoms. The molecule has 0 spiro atoms. The molecule has 21 heavy (non-hydrogen) atoms. The second-order valence-electron chi connectivity index (χ2n) is 6.70. The third-order valence-corrected chi connectivity index (χ3v) is 4.29. The van der Waals surface area contributed by atoms with E-state index in [0.717, 1.165) is 24.6 Å². The summed E-state index contributed by atoms with van der Waals surface area (Å²) in [5.41, 5.74) is 1.95. The smallest absolute Gasteiger partial charge is 0.251 e. The third-order valence-electron chi connectivity index (χ3n) is 4.29. The van der Waals surface area contributed by atoms with E-state index in [1.807, 2.05) is 19.1 Å². The number of rotatable bonds is 6. The summed E-state index contributed by atoms with van der Waals surface area (Å²) in [5, 5.41) is 6.28. The number of aromatic nitrogens is 1. The zero-order valence-electron chi connectivity index (χ0n) is 13.6. The molecule has 1 heterocycles. The van der Waals surface area contributed by atoms with Gasteiger partial charge in [0.1, 0.15) is 5.82 Å². The highest BCUT2D eigenvalue weighted by Crippen LogP contribution is 2.39. The Morgan fingerprint density at radius 3 is 2.62 bits per heavy atom. The first-order valence-corrected chi connectivity index (χ1v) is 7.97. The zero-order valence-corrected chi connectivity index (χ0v) is 13.6. The molecule has 1 aromatic heterocycles. The van der Waals surface area contributed by atoms with Crippen molar-refractivity contribution in [2.24, 2.45) is 5.41 Å². The highest BCUT2D eigenvalue weighted by molar-refractivity contribution is 5.95. The lowest BCUT2D eigenvalue weighted by molar-refractivity contribution is 0.0890. The maximum atomic E-state index is 12.4. The Hall–Kier alpha value is -1.58. The average Bonchev–Trinajstić information content (AvgIpc) is 2.42. The summed E-state index contributed by atoms with van der Waals surface area (Å²) in [6.07, 6.45) is 3.71. The maximum absolute atomic E-state index is 12.4. The molecule has 0 saturated heterocycles. The van der Waals surface area contributed by atoms with E-state index in [1.54, 1.807) is 0 Å². The summed E-state index contributed by atoms with van der Waals surface area (Å²) in [6, 6.07) is 3.75. The summed E-state index contributed by atoms with van der Waals surface area (Å²) in [5.74, 6) is 1.09. The van der Waals surface area contributed by atoms with Gasteiger partial charge in [-0.25, -0.2) is 4.98 Å². The van der Waals surface area contributed by atoms with Crippen LogP contribution in [0, 0.1) is 5.41 Å². The van der Waals surface area contributed by atoms with Crippen molar-refractivity contribution >= 4 is 11.7 Å². The van der Waals surface area contributed by atoms with Crippen molar-refractivity contribution < 1.29 is 4.79 Å². The number of carbonyl (C=O) groups excluding carboxylic acids is 1. The van der Waals surface area contributed by atoms with Gasteiger partial charge in [-0.3, -0.25) is 4.79 Å². The Kier molecular flexibility index (Phi) is 4.86. The van der Waals surface area contributed by atoms with Crippen molar-refractivity contribution in [3.63, 3.8) is 0 Å². The Bertz CT molecular complexity index is 507. The van der Waals surface area contributed by atoms with Crippen LogP contribution in [-0.2, 0) is 0 Å². The molecule has 0 radical (unpaired) electrons. The topological polar surface area (TPSA) is 54.0 Å². The molecule has 1 amide bonds. The van der Waals surface area contributed by atoms with Gasteiger partial charge in [-0.2, -0.15) is 0 Å². The number of hydrogen-bond donors (Lipinski definition) is 2. The first kappa shape index (κ1) is 15.8. The van der Waals surface area contributed by atoms with Crippen molar-refractivity contribution in [1.29, 1.82) is 0 Å². The number of carbonyl (C=O) groups is 1. The summed E-state index contributed by atoms with van der Waals surface area (Å²) in [6.45, 7) is 10.0. The van der Waals surface area contributed by atoms with E-state index >= 15 is 0 Å². The standard InChI is InChI=1S/C17H27N3O/c1-5-18-15-10-13(9-14(20-15)12(2)3)16(21)19-11-17(4)7-6-8-17/h9-10,12H,5-8,11H2,1-4H3,(H,18,20)(H,19,21). The molecule has 4 heteroatoms. The lowest BCUT2D eigenvalue weighted by Crippen LogP contribution is -2.40. The molecule has 0 unspecified atom stereocenters. The normalized spacial score (nSPS) is 16.4. The van der Waals surface area contributed by atoms with Crippen molar-refractivity contribution in [2.45, 2.75) is 52.9 Å². The first-order chi connectivity index (χ1) is 9.93. The number of nitrogens with one attached hydrogen (secondary N) is 2. The summed E-state index contributed by atoms with van der Waals surface area (Å²) in [4.78, 5) is 16.9. The Labute approximate surface area is 127 Å². The van der Waals surface area contributed by atoms with Crippen LogP contribution in [0.3, 0.4) is 0 Å². The summed E-state index contributed by atoms with van der Waals surface area (Å²) >= 11 is 0. The van der Waals surface area contributed by atoms with Gasteiger partial charge in [0.25, 0.3) is 5.91 Å². The molecule has 2 N–H and O–H groups in total. The van der Waals surface area contributed by atoms with Crippen molar-refractivity contribution in [3.05, 3.63) is 23.4 Å². The SMILES string of the molecule is CCNc1cc(C(=O)NCC2(C)CCC2)cc(C(C)C)n1. The molecule has 0 atom stereocenters. The summed E-state index contributed by atoms with van der Waals surface area (Å²) < 4.78 is 0. The minimum atomic E-state index is 0.00609. The largest absolute Gasteiger partial charge is 0.370 e. The molecule has 0 aliphatic heterocycles. The highest BCUT2D eigenvalue weighted by atomic mass is 16.1. The number of pyridine rings is 1. The van der Waals surface area contributed by atoms with Gasteiger partial charge in [0.05, 0.1) is 0 Å². The van der Waals surface area contributed by atoms with Crippen LogP contribution in [0.5, 0.6) is 0 Å². The summed E-state index contributed by atoms with van der Waals surface area (Å²) in [7, 11) is 0. The van der Waals surface area contributed by atoms with Crippen LogP contribution in [0.25, 0.3) is 0 Å². The van der Waals surface area contributed by atoms with Gasteiger partial charge in [0, 0.05) is 24.3 Å². The number of hydrogen-bond acceptors (Lipinski definition) is 3. The van der Waals surface area contributed by atoms with E-state index in [4.69, 9.17) is 0 Å².